The topological polar surface area (TPSA) is 98.7 Å². The average molecular weight is 244 g/mol. The van der Waals surface area contributed by atoms with Crippen molar-refractivity contribution in [1.29, 1.82) is 0 Å². The van der Waals surface area contributed by atoms with E-state index >= 15 is 0 Å². The molecule has 0 aromatic rings. The molecule has 0 heterocycles. The number of carboxylic acids is 1. The Morgan fingerprint density at radius 2 is 2.12 bits per heavy atom. The summed E-state index contributed by atoms with van der Waals surface area (Å²) < 4.78 is 0. The first kappa shape index (κ1) is 13.8. The monoisotopic (exact) mass is 244 g/mol. The van der Waals surface area contributed by atoms with Gasteiger partial charge >= 0.3 is 12.0 Å². The zero-order chi connectivity index (χ0) is 12.8. The van der Waals surface area contributed by atoms with Crippen LogP contribution in [-0.2, 0) is 4.79 Å². The quantitative estimate of drug-likeness (QED) is 0.559. The van der Waals surface area contributed by atoms with Crippen LogP contribution in [0.1, 0.15) is 32.6 Å². The lowest BCUT2D eigenvalue weighted by Gasteiger charge is -2.17. The number of amides is 2. The Morgan fingerprint density at radius 1 is 1.41 bits per heavy atom. The van der Waals surface area contributed by atoms with Gasteiger partial charge in [-0.2, -0.15) is 0 Å². The predicted octanol–water partition coefficient (Wildman–Crippen LogP) is 0.310. The second-order valence-electron chi connectivity index (χ2n) is 4.64. The van der Waals surface area contributed by atoms with E-state index in [2.05, 4.69) is 17.6 Å². The summed E-state index contributed by atoms with van der Waals surface area (Å²) in [4.78, 5) is 22.3. The number of hydrogen-bond donors (Lipinski definition) is 4. The van der Waals surface area contributed by atoms with Crippen LogP contribution >= 0.6 is 0 Å². The molecule has 0 aromatic heterocycles. The molecule has 2 unspecified atom stereocenters. The first-order chi connectivity index (χ1) is 8.02. The maximum Gasteiger partial charge on any atom is 0.326 e. The molecule has 1 fully saturated rings. The van der Waals surface area contributed by atoms with Gasteiger partial charge in [-0.3, -0.25) is 0 Å². The lowest BCUT2D eigenvalue weighted by Crippen LogP contribution is -2.48. The van der Waals surface area contributed by atoms with Crippen LogP contribution in [0.5, 0.6) is 0 Å². The normalized spacial score (nSPS) is 25.3. The molecule has 1 aliphatic rings. The summed E-state index contributed by atoms with van der Waals surface area (Å²) in [5.41, 5.74) is 0. The van der Waals surface area contributed by atoms with E-state index in [9.17, 15) is 9.59 Å². The van der Waals surface area contributed by atoms with E-state index in [-0.39, 0.29) is 19.1 Å². The SMILES string of the molecule is CC1CCC(NC(=O)N[C@H](CCO)C(=O)O)C1. The van der Waals surface area contributed by atoms with Crippen molar-refractivity contribution in [2.75, 3.05) is 6.61 Å². The number of carboxylic acid groups (broad SMARTS) is 1. The predicted molar refractivity (Wildman–Crippen MR) is 61.6 cm³/mol. The van der Waals surface area contributed by atoms with Crippen molar-refractivity contribution < 1.29 is 19.8 Å². The van der Waals surface area contributed by atoms with Crippen molar-refractivity contribution in [1.82, 2.24) is 10.6 Å². The fraction of sp³-hybridized carbons (Fsp3) is 0.818. The molecule has 17 heavy (non-hydrogen) atoms. The summed E-state index contributed by atoms with van der Waals surface area (Å²) in [7, 11) is 0. The fourth-order valence-corrected chi connectivity index (χ4v) is 2.11. The number of aliphatic hydroxyl groups excluding tert-OH is 1. The minimum atomic E-state index is -1.13. The zero-order valence-electron chi connectivity index (χ0n) is 9.98. The lowest BCUT2D eigenvalue weighted by molar-refractivity contribution is -0.139. The Hall–Kier alpha value is -1.30. The van der Waals surface area contributed by atoms with Crippen molar-refractivity contribution >= 4 is 12.0 Å². The van der Waals surface area contributed by atoms with Crippen LogP contribution in [0.15, 0.2) is 0 Å². The Morgan fingerprint density at radius 3 is 2.59 bits per heavy atom. The highest BCUT2D eigenvalue weighted by atomic mass is 16.4. The molecule has 0 radical (unpaired) electrons. The van der Waals surface area contributed by atoms with Gasteiger partial charge in [-0.1, -0.05) is 6.92 Å². The average Bonchev–Trinajstić information content (AvgIpc) is 2.63. The van der Waals surface area contributed by atoms with Crippen LogP contribution in [0, 0.1) is 5.92 Å². The maximum atomic E-state index is 11.5. The molecule has 0 spiro atoms. The minimum Gasteiger partial charge on any atom is -0.480 e. The van der Waals surface area contributed by atoms with Crippen LogP contribution in [-0.4, -0.2) is 40.9 Å². The summed E-state index contributed by atoms with van der Waals surface area (Å²) >= 11 is 0. The van der Waals surface area contributed by atoms with Gasteiger partial charge in [-0.05, 0) is 25.2 Å². The van der Waals surface area contributed by atoms with Crippen molar-refractivity contribution in [3.05, 3.63) is 0 Å². The molecule has 1 saturated carbocycles. The third kappa shape index (κ3) is 4.60. The zero-order valence-corrected chi connectivity index (χ0v) is 9.98. The molecule has 0 aliphatic heterocycles. The second kappa shape index (κ2) is 6.44. The molecular formula is C11H20N2O4. The van der Waals surface area contributed by atoms with E-state index < -0.39 is 18.0 Å². The minimum absolute atomic E-state index is 0.0177. The maximum absolute atomic E-state index is 11.5. The molecular weight excluding hydrogens is 224 g/mol. The number of rotatable bonds is 5. The molecule has 6 nitrogen and oxygen atoms in total. The van der Waals surface area contributed by atoms with Gasteiger partial charge in [-0.25, -0.2) is 9.59 Å². The Kier molecular flexibility index (Phi) is 5.21. The molecule has 98 valence electrons. The van der Waals surface area contributed by atoms with Gasteiger partial charge in [0, 0.05) is 19.1 Å². The summed E-state index contributed by atoms with van der Waals surface area (Å²) in [6.45, 7) is 1.86. The number of hydrogen-bond acceptors (Lipinski definition) is 3. The molecule has 1 rings (SSSR count). The van der Waals surface area contributed by atoms with E-state index in [0.29, 0.717) is 5.92 Å². The Balaban J connectivity index is 2.34. The Bertz CT molecular complexity index is 283. The van der Waals surface area contributed by atoms with Gasteiger partial charge in [0.2, 0.25) is 0 Å². The van der Waals surface area contributed by atoms with Gasteiger partial charge in [0.1, 0.15) is 6.04 Å². The van der Waals surface area contributed by atoms with Crippen molar-refractivity contribution in [3.8, 4) is 0 Å². The summed E-state index contributed by atoms with van der Waals surface area (Å²) in [6.07, 6.45) is 2.98. The number of carbonyl (C=O) groups is 2. The second-order valence-corrected chi connectivity index (χ2v) is 4.64. The van der Waals surface area contributed by atoms with E-state index in [0.717, 1.165) is 19.3 Å². The van der Waals surface area contributed by atoms with Crippen LogP contribution in [0.3, 0.4) is 0 Å². The van der Waals surface area contributed by atoms with Gasteiger partial charge in [-0.15, -0.1) is 0 Å². The standard InChI is InChI=1S/C11H20N2O4/c1-7-2-3-8(6-7)12-11(17)13-9(4-5-14)10(15)16/h7-9,14H,2-6H2,1H3,(H,15,16)(H2,12,13,17)/t7?,8?,9-/m1/s1. The summed E-state index contributed by atoms with van der Waals surface area (Å²) in [5, 5.41) is 22.6. The van der Waals surface area contributed by atoms with E-state index in [1.165, 1.54) is 0 Å². The highest BCUT2D eigenvalue weighted by Gasteiger charge is 2.25. The van der Waals surface area contributed by atoms with Crippen molar-refractivity contribution in [2.45, 2.75) is 44.7 Å². The molecule has 1 aliphatic carbocycles. The van der Waals surface area contributed by atoms with Gasteiger partial charge < -0.3 is 20.8 Å². The van der Waals surface area contributed by atoms with Gasteiger partial charge in [0.25, 0.3) is 0 Å². The summed E-state index contributed by atoms with van der Waals surface area (Å²) in [5.74, 6) is -0.526. The molecule has 3 atom stereocenters. The van der Waals surface area contributed by atoms with Gasteiger partial charge in [0.15, 0.2) is 0 Å². The van der Waals surface area contributed by atoms with Crippen molar-refractivity contribution in [2.24, 2.45) is 5.92 Å². The molecule has 4 N–H and O–H groups in total. The first-order valence-electron chi connectivity index (χ1n) is 5.93. The van der Waals surface area contributed by atoms with E-state index in [4.69, 9.17) is 10.2 Å². The van der Waals surface area contributed by atoms with Crippen LogP contribution in [0.25, 0.3) is 0 Å². The van der Waals surface area contributed by atoms with E-state index in [1.807, 2.05) is 0 Å². The number of carbonyl (C=O) groups excluding carboxylic acids is 1. The number of aliphatic carboxylic acids is 1. The van der Waals surface area contributed by atoms with E-state index in [1.54, 1.807) is 0 Å². The van der Waals surface area contributed by atoms with Crippen LogP contribution < -0.4 is 10.6 Å². The molecule has 0 saturated heterocycles. The molecule has 0 aromatic carbocycles. The lowest BCUT2D eigenvalue weighted by atomic mass is 10.1. The highest BCUT2D eigenvalue weighted by Crippen LogP contribution is 2.24. The fourth-order valence-electron chi connectivity index (χ4n) is 2.11. The molecule has 0 bridgehead atoms. The summed E-state index contributed by atoms with van der Waals surface area (Å²) in [6, 6.07) is -1.36. The number of nitrogens with one attached hydrogen (secondary N) is 2. The van der Waals surface area contributed by atoms with Gasteiger partial charge in [0.05, 0.1) is 0 Å². The number of aliphatic hydroxyl groups is 1. The third-order valence-electron chi connectivity index (χ3n) is 3.05. The Labute approximate surface area is 100 Å². The van der Waals surface area contributed by atoms with Crippen LogP contribution in [0.2, 0.25) is 0 Å². The molecule has 2 amide bonds. The number of urea groups is 1. The van der Waals surface area contributed by atoms with Crippen LogP contribution in [0.4, 0.5) is 4.79 Å². The largest absolute Gasteiger partial charge is 0.480 e. The van der Waals surface area contributed by atoms with Crippen molar-refractivity contribution in [3.63, 3.8) is 0 Å². The smallest absolute Gasteiger partial charge is 0.326 e. The first-order valence-corrected chi connectivity index (χ1v) is 5.93. The highest BCUT2D eigenvalue weighted by molar-refractivity contribution is 5.82. The molecule has 6 heteroatoms. The third-order valence-corrected chi connectivity index (χ3v) is 3.05.